The average Bonchev–Trinajstić information content (AvgIpc) is 3.19. The molecule has 0 saturated heterocycles. The zero-order valence-electron chi connectivity index (χ0n) is 13.9. The minimum Gasteiger partial charge on any atom is -0.395 e. The van der Waals surface area contributed by atoms with Crippen molar-refractivity contribution in [2.24, 2.45) is 0 Å². The van der Waals surface area contributed by atoms with E-state index in [-0.39, 0.29) is 18.7 Å². The summed E-state index contributed by atoms with van der Waals surface area (Å²) < 4.78 is 0. The zero-order chi connectivity index (χ0) is 16.9. The number of benzene rings is 1. The summed E-state index contributed by atoms with van der Waals surface area (Å²) in [5, 5.41) is 15.4. The molecular formula is C18H23N3O2S. The van der Waals surface area contributed by atoms with Gasteiger partial charge in [0.25, 0.3) is 0 Å². The van der Waals surface area contributed by atoms with Gasteiger partial charge in [0.1, 0.15) is 0 Å². The number of rotatable bonds is 6. The van der Waals surface area contributed by atoms with Crippen LogP contribution in [0.2, 0.25) is 0 Å². The third-order valence-corrected chi connectivity index (χ3v) is 5.23. The first-order chi connectivity index (χ1) is 11.7. The van der Waals surface area contributed by atoms with Crippen LogP contribution in [-0.2, 0) is 12.8 Å². The maximum atomic E-state index is 12.6. The third-order valence-electron chi connectivity index (χ3n) is 4.40. The molecule has 128 valence electrons. The number of amides is 2. The monoisotopic (exact) mass is 345 g/mol. The number of carbonyl (C=O) groups excluding carboxylic acids is 1. The van der Waals surface area contributed by atoms with Crippen molar-refractivity contribution in [1.82, 2.24) is 15.2 Å². The van der Waals surface area contributed by atoms with E-state index in [1.807, 2.05) is 24.4 Å². The minimum atomic E-state index is -0.113. The quantitative estimate of drug-likeness (QED) is 0.846. The van der Waals surface area contributed by atoms with Gasteiger partial charge in [-0.1, -0.05) is 24.3 Å². The Morgan fingerprint density at radius 3 is 3.04 bits per heavy atom. The first kappa shape index (κ1) is 16.9. The third kappa shape index (κ3) is 3.76. The van der Waals surface area contributed by atoms with Crippen molar-refractivity contribution < 1.29 is 9.90 Å². The van der Waals surface area contributed by atoms with Gasteiger partial charge in [0.05, 0.1) is 23.4 Å². The van der Waals surface area contributed by atoms with Crippen molar-refractivity contribution in [3.05, 3.63) is 51.5 Å². The van der Waals surface area contributed by atoms with E-state index in [1.165, 1.54) is 11.1 Å². The number of thiazole rings is 1. The van der Waals surface area contributed by atoms with E-state index < -0.39 is 0 Å². The topological polar surface area (TPSA) is 65.5 Å². The molecule has 3 rings (SSSR count). The summed E-state index contributed by atoms with van der Waals surface area (Å²) in [6, 6.07) is 8.19. The Morgan fingerprint density at radius 1 is 1.46 bits per heavy atom. The first-order valence-corrected chi connectivity index (χ1v) is 9.21. The number of fused-ring (bicyclic) bond motifs is 1. The van der Waals surface area contributed by atoms with Crippen molar-refractivity contribution in [1.29, 1.82) is 0 Å². The molecule has 0 aliphatic heterocycles. The van der Waals surface area contributed by atoms with Crippen LogP contribution in [0.4, 0.5) is 4.79 Å². The van der Waals surface area contributed by atoms with Gasteiger partial charge in [-0.3, -0.25) is 0 Å². The molecule has 2 N–H and O–H groups in total. The summed E-state index contributed by atoms with van der Waals surface area (Å²) in [6.07, 6.45) is 2.62. The Labute approximate surface area is 146 Å². The molecule has 6 heteroatoms. The maximum absolute atomic E-state index is 12.6. The first-order valence-electron chi connectivity index (χ1n) is 8.33. The maximum Gasteiger partial charge on any atom is 0.318 e. The fraction of sp³-hybridized carbons (Fsp3) is 0.444. The van der Waals surface area contributed by atoms with E-state index in [4.69, 9.17) is 0 Å². The molecule has 2 aromatic rings. The fourth-order valence-electron chi connectivity index (χ4n) is 3.29. The van der Waals surface area contributed by atoms with Crippen molar-refractivity contribution in [3.8, 4) is 0 Å². The second-order valence-corrected chi connectivity index (χ2v) is 7.07. The van der Waals surface area contributed by atoms with E-state index in [0.29, 0.717) is 13.1 Å². The molecule has 5 nitrogen and oxygen atoms in total. The Hall–Kier alpha value is -1.92. The lowest BCUT2D eigenvalue weighted by molar-refractivity contribution is 0.151. The van der Waals surface area contributed by atoms with Crippen LogP contribution in [-0.4, -0.2) is 40.7 Å². The van der Waals surface area contributed by atoms with E-state index in [0.717, 1.165) is 30.0 Å². The number of hydrogen-bond donors (Lipinski definition) is 2. The van der Waals surface area contributed by atoms with Crippen LogP contribution in [0, 0.1) is 6.92 Å². The number of carbonyl (C=O) groups is 1. The Balaban J connectivity index is 1.61. The number of nitrogens with zero attached hydrogens (tertiary/aromatic N) is 2. The molecule has 0 fully saturated rings. The van der Waals surface area contributed by atoms with Gasteiger partial charge in [-0.05, 0) is 30.9 Å². The molecule has 1 aromatic carbocycles. The molecule has 0 saturated carbocycles. The number of urea groups is 1. The summed E-state index contributed by atoms with van der Waals surface area (Å²) in [4.78, 5) is 18.8. The van der Waals surface area contributed by atoms with Crippen molar-refractivity contribution in [2.75, 3.05) is 19.7 Å². The largest absolute Gasteiger partial charge is 0.395 e. The van der Waals surface area contributed by atoms with Gasteiger partial charge >= 0.3 is 6.03 Å². The molecule has 0 bridgehead atoms. The molecule has 0 spiro atoms. The lowest BCUT2D eigenvalue weighted by Gasteiger charge is -2.29. The number of aryl methyl sites for hydroxylation is 2. The van der Waals surface area contributed by atoms with Crippen molar-refractivity contribution >= 4 is 17.4 Å². The molecule has 1 aliphatic carbocycles. The van der Waals surface area contributed by atoms with Crippen LogP contribution >= 0.6 is 11.3 Å². The molecule has 1 aromatic heterocycles. The normalized spacial score (nSPS) is 16.0. The number of aliphatic hydroxyl groups excluding tert-OH is 1. The highest BCUT2D eigenvalue weighted by atomic mass is 32.1. The standard InChI is InChI=1S/C18H23N3O2S/c1-13-20-15(12-24-13)8-9-19-18(23)21(10-11-22)17-7-6-14-4-2-3-5-16(14)17/h2-5,12,17,22H,6-11H2,1H3,(H,19,23). The summed E-state index contributed by atoms with van der Waals surface area (Å²) in [7, 11) is 0. The molecule has 2 amide bonds. The summed E-state index contributed by atoms with van der Waals surface area (Å²) in [5.41, 5.74) is 3.52. The fourth-order valence-corrected chi connectivity index (χ4v) is 3.93. The summed E-state index contributed by atoms with van der Waals surface area (Å²) >= 11 is 1.62. The average molecular weight is 345 g/mol. The second kappa shape index (κ2) is 7.77. The van der Waals surface area contributed by atoms with Crippen LogP contribution in [0.3, 0.4) is 0 Å². The highest BCUT2D eigenvalue weighted by molar-refractivity contribution is 7.09. The van der Waals surface area contributed by atoms with Gasteiger partial charge in [-0.25, -0.2) is 9.78 Å². The van der Waals surface area contributed by atoms with Gasteiger partial charge in [0.2, 0.25) is 0 Å². The molecule has 1 unspecified atom stereocenters. The van der Waals surface area contributed by atoms with Crippen molar-refractivity contribution in [2.45, 2.75) is 32.2 Å². The van der Waals surface area contributed by atoms with E-state index in [1.54, 1.807) is 16.2 Å². The van der Waals surface area contributed by atoms with E-state index in [2.05, 4.69) is 22.4 Å². The molecular weight excluding hydrogens is 322 g/mol. The molecule has 24 heavy (non-hydrogen) atoms. The van der Waals surface area contributed by atoms with Gasteiger partial charge < -0.3 is 15.3 Å². The lowest BCUT2D eigenvalue weighted by atomic mass is 10.1. The van der Waals surface area contributed by atoms with Crippen LogP contribution in [0.25, 0.3) is 0 Å². The van der Waals surface area contributed by atoms with Crippen LogP contribution in [0.1, 0.15) is 34.3 Å². The number of aliphatic hydroxyl groups is 1. The van der Waals surface area contributed by atoms with Gasteiger partial charge in [-0.15, -0.1) is 11.3 Å². The smallest absolute Gasteiger partial charge is 0.318 e. The SMILES string of the molecule is Cc1nc(CCNC(=O)N(CCO)C2CCc3ccccc32)cs1. The Kier molecular flexibility index (Phi) is 5.48. The predicted octanol–water partition coefficient (Wildman–Crippen LogP) is 2.69. The second-order valence-electron chi connectivity index (χ2n) is 6.01. The summed E-state index contributed by atoms with van der Waals surface area (Å²) in [6.45, 7) is 2.85. The molecule has 0 radical (unpaired) electrons. The molecule has 1 heterocycles. The Bertz CT molecular complexity index is 701. The van der Waals surface area contributed by atoms with Crippen LogP contribution in [0.15, 0.2) is 29.6 Å². The van der Waals surface area contributed by atoms with E-state index in [9.17, 15) is 9.90 Å². The zero-order valence-corrected chi connectivity index (χ0v) is 14.7. The predicted molar refractivity (Wildman–Crippen MR) is 95.2 cm³/mol. The van der Waals surface area contributed by atoms with Gasteiger partial charge in [0.15, 0.2) is 0 Å². The molecule has 1 atom stereocenters. The van der Waals surface area contributed by atoms with Gasteiger partial charge in [0, 0.05) is 24.9 Å². The van der Waals surface area contributed by atoms with Crippen molar-refractivity contribution in [3.63, 3.8) is 0 Å². The Morgan fingerprint density at radius 2 is 2.29 bits per heavy atom. The molecule has 1 aliphatic rings. The number of aromatic nitrogens is 1. The summed E-state index contributed by atoms with van der Waals surface area (Å²) in [5.74, 6) is 0. The highest BCUT2D eigenvalue weighted by Gasteiger charge is 2.30. The minimum absolute atomic E-state index is 0.0304. The number of nitrogens with one attached hydrogen (secondary N) is 1. The van der Waals surface area contributed by atoms with Gasteiger partial charge in [-0.2, -0.15) is 0 Å². The number of hydrogen-bond acceptors (Lipinski definition) is 4. The highest BCUT2D eigenvalue weighted by Crippen LogP contribution is 2.35. The van der Waals surface area contributed by atoms with Crippen LogP contribution < -0.4 is 5.32 Å². The van der Waals surface area contributed by atoms with Crippen LogP contribution in [0.5, 0.6) is 0 Å². The lowest BCUT2D eigenvalue weighted by Crippen LogP contribution is -2.43. The van der Waals surface area contributed by atoms with E-state index >= 15 is 0 Å².